The van der Waals surface area contributed by atoms with Crippen LogP contribution in [0.3, 0.4) is 0 Å². The van der Waals surface area contributed by atoms with Gasteiger partial charge in [-0.25, -0.2) is 9.36 Å². The molecule has 4 aromatic rings. The Morgan fingerprint density at radius 1 is 1.16 bits per heavy atom. The van der Waals surface area contributed by atoms with Gasteiger partial charge in [-0.3, -0.25) is 9.32 Å². The summed E-state index contributed by atoms with van der Waals surface area (Å²) in [6, 6.07) is 16.0. The maximum absolute atomic E-state index is 13.5. The van der Waals surface area contributed by atoms with Crippen LogP contribution in [-0.4, -0.2) is 31.6 Å². The number of nitrogens with zero attached hydrogens (tertiary/aromatic N) is 4. The number of aromatic nitrogens is 3. The van der Waals surface area contributed by atoms with Gasteiger partial charge in [0.15, 0.2) is 5.82 Å². The van der Waals surface area contributed by atoms with E-state index >= 15 is 0 Å². The standard InChI is InChI=1S/C25H24N4O3/c1-16-10-11-20-19(14-16)18-8-5-9-21-23(18)28(20)13-12-27(21)22(30)15-29-24(26-32-25(29)31)17-6-3-2-4-7-17/h2-4,6-7,10-11,14,21H,5,8-9,12-13,15H2,1H3/t21-/m1/s1. The number of hydrogen-bond donors (Lipinski definition) is 0. The molecule has 1 amide bonds. The lowest BCUT2D eigenvalue weighted by atomic mass is 9.89. The maximum atomic E-state index is 13.5. The van der Waals surface area contributed by atoms with E-state index in [0.717, 1.165) is 31.4 Å². The highest BCUT2D eigenvalue weighted by molar-refractivity contribution is 5.87. The second kappa shape index (κ2) is 7.22. The summed E-state index contributed by atoms with van der Waals surface area (Å²) in [6.07, 6.45) is 3.04. The lowest BCUT2D eigenvalue weighted by Gasteiger charge is -2.40. The first kappa shape index (κ1) is 19.1. The van der Waals surface area contributed by atoms with E-state index in [-0.39, 0.29) is 18.5 Å². The zero-order valence-electron chi connectivity index (χ0n) is 18.0. The van der Waals surface area contributed by atoms with E-state index in [2.05, 4.69) is 34.8 Å². The van der Waals surface area contributed by atoms with Crippen LogP contribution in [0, 0.1) is 6.92 Å². The molecule has 2 aliphatic rings. The van der Waals surface area contributed by atoms with E-state index in [9.17, 15) is 9.59 Å². The first-order valence-corrected chi connectivity index (χ1v) is 11.1. The van der Waals surface area contributed by atoms with Crippen molar-refractivity contribution in [2.45, 2.75) is 45.3 Å². The molecule has 0 radical (unpaired) electrons. The van der Waals surface area contributed by atoms with Gasteiger partial charge in [0.05, 0.1) is 6.04 Å². The zero-order chi connectivity index (χ0) is 21.8. The molecule has 2 aromatic carbocycles. The van der Waals surface area contributed by atoms with Crippen molar-refractivity contribution in [2.24, 2.45) is 0 Å². The van der Waals surface area contributed by atoms with Crippen molar-refractivity contribution < 1.29 is 9.32 Å². The first-order chi connectivity index (χ1) is 15.6. The van der Waals surface area contributed by atoms with Gasteiger partial charge in [0, 0.05) is 35.2 Å². The SMILES string of the molecule is Cc1ccc2c(c1)c1c3n2CCN(C(=O)Cn2c(-c4ccccc4)noc2=O)[C@@H]3CCC1. The molecular formula is C25H24N4O3. The van der Waals surface area contributed by atoms with E-state index in [4.69, 9.17) is 4.52 Å². The number of benzene rings is 2. The summed E-state index contributed by atoms with van der Waals surface area (Å²) < 4.78 is 8.66. The molecule has 0 unspecified atom stereocenters. The van der Waals surface area contributed by atoms with Crippen LogP contribution in [0.5, 0.6) is 0 Å². The Morgan fingerprint density at radius 3 is 2.84 bits per heavy atom. The van der Waals surface area contributed by atoms with Crippen molar-refractivity contribution in [3.63, 3.8) is 0 Å². The Morgan fingerprint density at radius 2 is 2.00 bits per heavy atom. The van der Waals surface area contributed by atoms with E-state index in [1.807, 2.05) is 35.2 Å². The van der Waals surface area contributed by atoms with Crippen LogP contribution >= 0.6 is 0 Å². The second-order valence-electron chi connectivity index (χ2n) is 8.76. The molecule has 0 bridgehead atoms. The van der Waals surface area contributed by atoms with Gasteiger partial charge in [-0.1, -0.05) is 47.1 Å². The molecule has 32 heavy (non-hydrogen) atoms. The third-order valence-corrected chi connectivity index (χ3v) is 6.86. The Kier molecular flexibility index (Phi) is 4.31. The monoisotopic (exact) mass is 428 g/mol. The van der Waals surface area contributed by atoms with Crippen LogP contribution in [0.25, 0.3) is 22.3 Å². The summed E-state index contributed by atoms with van der Waals surface area (Å²) in [5.41, 5.74) is 5.93. The minimum atomic E-state index is -0.608. The van der Waals surface area contributed by atoms with Gasteiger partial charge in [0.1, 0.15) is 6.54 Å². The van der Waals surface area contributed by atoms with Crippen molar-refractivity contribution in [2.75, 3.05) is 6.54 Å². The van der Waals surface area contributed by atoms with Crippen LogP contribution in [-0.2, 0) is 24.3 Å². The summed E-state index contributed by atoms with van der Waals surface area (Å²) in [4.78, 5) is 27.8. The number of fused-ring (bicyclic) bond motifs is 3. The molecule has 3 heterocycles. The molecule has 2 aromatic heterocycles. The lowest BCUT2D eigenvalue weighted by Crippen LogP contribution is -2.45. The van der Waals surface area contributed by atoms with Gasteiger partial charge in [-0.15, -0.1) is 0 Å². The average Bonchev–Trinajstić information content (AvgIpc) is 3.33. The summed E-state index contributed by atoms with van der Waals surface area (Å²) in [5, 5.41) is 5.24. The van der Waals surface area contributed by atoms with Crippen LogP contribution in [0.15, 0.2) is 57.8 Å². The summed E-state index contributed by atoms with van der Waals surface area (Å²) in [6.45, 7) is 3.45. The molecule has 0 spiro atoms. The minimum absolute atomic E-state index is 0.0449. The molecule has 0 N–H and O–H groups in total. The smallest absolute Gasteiger partial charge is 0.341 e. The largest absolute Gasteiger partial charge is 0.442 e. The summed E-state index contributed by atoms with van der Waals surface area (Å²) in [5.74, 6) is -0.295. The predicted octanol–water partition coefficient (Wildman–Crippen LogP) is 3.69. The highest BCUT2D eigenvalue weighted by Gasteiger charge is 2.37. The fraction of sp³-hybridized carbons (Fsp3) is 0.320. The van der Waals surface area contributed by atoms with Gasteiger partial charge in [0.2, 0.25) is 5.91 Å². The van der Waals surface area contributed by atoms with Crippen LogP contribution in [0.4, 0.5) is 0 Å². The topological polar surface area (TPSA) is 73.3 Å². The third kappa shape index (κ3) is 2.84. The van der Waals surface area contributed by atoms with Crippen molar-refractivity contribution in [3.05, 3.63) is 75.9 Å². The minimum Gasteiger partial charge on any atom is -0.341 e. The van der Waals surface area contributed by atoms with Crippen LogP contribution in [0.2, 0.25) is 0 Å². The lowest BCUT2D eigenvalue weighted by molar-refractivity contribution is -0.135. The van der Waals surface area contributed by atoms with E-state index in [1.54, 1.807) is 0 Å². The van der Waals surface area contributed by atoms with Crippen LogP contribution < -0.4 is 5.76 Å². The Labute approximate surface area is 184 Å². The van der Waals surface area contributed by atoms with Gasteiger partial charge < -0.3 is 9.47 Å². The van der Waals surface area contributed by atoms with Crippen molar-refractivity contribution in [1.29, 1.82) is 0 Å². The summed E-state index contributed by atoms with van der Waals surface area (Å²) in [7, 11) is 0. The highest BCUT2D eigenvalue weighted by atomic mass is 16.5. The van der Waals surface area contributed by atoms with Crippen molar-refractivity contribution in [3.8, 4) is 11.4 Å². The number of hydrogen-bond acceptors (Lipinski definition) is 4. The molecule has 6 rings (SSSR count). The van der Waals surface area contributed by atoms with E-state index in [0.29, 0.717) is 12.4 Å². The molecule has 0 fully saturated rings. The number of carbonyl (C=O) groups is 1. The highest BCUT2D eigenvalue weighted by Crippen LogP contribution is 2.42. The van der Waals surface area contributed by atoms with Gasteiger partial charge >= 0.3 is 5.76 Å². The average molecular weight is 428 g/mol. The van der Waals surface area contributed by atoms with Gasteiger partial charge in [-0.05, 0) is 43.9 Å². The molecule has 1 aliphatic heterocycles. The van der Waals surface area contributed by atoms with E-state index in [1.165, 1.54) is 32.3 Å². The molecule has 7 heteroatoms. The maximum Gasteiger partial charge on any atom is 0.442 e. The Bertz CT molecular complexity index is 1400. The number of rotatable bonds is 3. The third-order valence-electron chi connectivity index (χ3n) is 6.86. The Hall–Kier alpha value is -3.61. The quantitative estimate of drug-likeness (QED) is 0.499. The van der Waals surface area contributed by atoms with Crippen LogP contribution in [0.1, 0.15) is 35.7 Å². The normalized spacial score (nSPS) is 17.5. The zero-order valence-corrected chi connectivity index (χ0v) is 18.0. The molecule has 1 aliphatic carbocycles. The predicted molar refractivity (Wildman–Crippen MR) is 120 cm³/mol. The molecule has 0 saturated carbocycles. The molecular weight excluding hydrogens is 404 g/mol. The molecule has 1 atom stereocenters. The first-order valence-electron chi connectivity index (χ1n) is 11.1. The second-order valence-corrected chi connectivity index (χ2v) is 8.76. The fourth-order valence-electron chi connectivity index (χ4n) is 5.45. The fourth-order valence-corrected chi connectivity index (χ4v) is 5.45. The molecule has 162 valence electrons. The number of aryl methyl sites for hydroxylation is 2. The number of amides is 1. The molecule has 0 saturated heterocycles. The van der Waals surface area contributed by atoms with Crippen molar-refractivity contribution >= 4 is 16.8 Å². The summed E-state index contributed by atoms with van der Waals surface area (Å²) >= 11 is 0. The van der Waals surface area contributed by atoms with Crippen molar-refractivity contribution in [1.82, 2.24) is 19.2 Å². The van der Waals surface area contributed by atoms with Gasteiger partial charge in [-0.2, -0.15) is 0 Å². The van der Waals surface area contributed by atoms with E-state index < -0.39 is 5.76 Å². The Balaban J connectivity index is 1.36. The molecule has 7 nitrogen and oxygen atoms in total. The van der Waals surface area contributed by atoms with Gasteiger partial charge in [0.25, 0.3) is 0 Å². The number of carbonyl (C=O) groups excluding carboxylic acids is 1.